The summed E-state index contributed by atoms with van der Waals surface area (Å²) in [7, 11) is 3.94. The van der Waals surface area contributed by atoms with Crippen molar-refractivity contribution >= 4 is 5.91 Å². The van der Waals surface area contributed by atoms with Crippen molar-refractivity contribution in [1.29, 1.82) is 0 Å². The molecule has 0 bridgehead atoms. The van der Waals surface area contributed by atoms with Crippen LogP contribution in [0.15, 0.2) is 42.7 Å². The van der Waals surface area contributed by atoms with Gasteiger partial charge in [0.25, 0.3) is 5.91 Å². The van der Waals surface area contributed by atoms with Gasteiger partial charge in [-0.1, -0.05) is 18.2 Å². The van der Waals surface area contributed by atoms with Gasteiger partial charge >= 0.3 is 0 Å². The van der Waals surface area contributed by atoms with Crippen LogP contribution in [0, 0.1) is 0 Å². The van der Waals surface area contributed by atoms with Crippen LogP contribution in [0.5, 0.6) is 0 Å². The molecule has 2 rings (SSSR count). The van der Waals surface area contributed by atoms with Crippen LogP contribution >= 0.6 is 0 Å². The van der Waals surface area contributed by atoms with Crippen molar-refractivity contribution in [2.75, 3.05) is 27.2 Å². The molecule has 0 atom stereocenters. The lowest BCUT2D eigenvalue weighted by Crippen LogP contribution is -2.31. The van der Waals surface area contributed by atoms with Gasteiger partial charge in [0.1, 0.15) is 0 Å². The molecule has 0 fully saturated rings. The first kappa shape index (κ1) is 14.1. The number of nitrogens with one attached hydrogen (secondary N) is 1. The van der Waals surface area contributed by atoms with E-state index < -0.39 is 0 Å². The number of carbonyl (C=O) groups is 1. The van der Waals surface area contributed by atoms with Gasteiger partial charge in [0, 0.05) is 31.0 Å². The zero-order chi connectivity index (χ0) is 14.4. The predicted molar refractivity (Wildman–Crippen MR) is 78.4 cm³/mol. The molecule has 5 heteroatoms. The molecular weight excluding hydrogens is 252 g/mol. The lowest BCUT2D eigenvalue weighted by molar-refractivity contribution is 0.0951. The molecule has 0 aliphatic heterocycles. The van der Waals surface area contributed by atoms with Crippen LogP contribution < -0.4 is 5.32 Å². The highest BCUT2D eigenvalue weighted by atomic mass is 16.1. The minimum Gasteiger partial charge on any atom is -0.351 e. The standard InChI is InChI=1S/C15H18N4O/c1-19(2)11-10-18-15(20)13-7-4-3-6-12(13)14-16-8-5-9-17-14/h3-9H,10-11H2,1-2H3,(H,18,20). The number of carbonyl (C=O) groups excluding carboxylic acids is 1. The lowest BCUT2D eigenvalue weighted by atomic mass is 10.1. The van der Waals surface area contributed by atoms with Crippen LogP contribution in [-0.4, -0.2) is 48.0 Å². The fourth-order valence-electron chi connectivity index (χ4n) is 1.80. The van der Waals surface area contributed by atoms with Gasteiger partial charge in [0.15, 0.2) is 5.82 Å². The minimum atomic E-state index is -0.102. The van der Waals surface area contributed by atoms with Gasteiger partial charge in [0.2, 0.25) is 0 Å². The Morgan fingerprint density at radius 1 is 1.15 bits per heavy atom. The number of hydrogen-bond donors (Lipinski definition) is 1. The summed E-state index contributed by atoms with van der Waals surface area (Å²) in [5, 5.41) is 2.90. The Labute approximate surface area is 118 Å². The zero-order valence-electron chi connectivity index (χ0n) is 11.7. The van der Waals surface area contributed by atoms with E-state index in [4.69, 9.17) is 0 Å². The zero-order valence-corrected chi connectivity index (χ0v) is 11.7. The van der Waals surface area contributed by atoms with Crippen molar-refractivity contribution < 1.29 is 4.79 Å². The molecule has 0 spiro atoms. The average molecular weight is 270 g/mol. The van der Waals surface area contributed by atoms with Crippen molar-refractivity contribution in [2.45, 2.75) is 0 Å². The average Bonchev–Trinajstić information content (AvgIpc) is 2.47. The van der Waals surface area contributed by atoms with Crippen molar-refractivity contribution in [3.05, 3.63) is 48.3 Å². The van der Waals surface area contributed by atoms with Gasteiger partial charge in [-0.2, -0.15) is 0 Å². The SMILES string of the molecule is CN(C)CCNC(=O)c1ccccc1-c1ncccn1. The molecule has 1 aromatic heterocycles. The minimum absolute atomic E-state index is 0.102. The highest BCUT2D eigenvalue weighted by Gasteiger charge is 2.13. The van der Waals surface area contributed by atoms with Crippen molar-refractivity contribution in [1.82, 2.24) is 20.2 Å². The number of hydrogen-bond acceptors (Lipinski definition) is 4. The summed E-state index contributed by atoms with van der Waals surface area (Å²) in [5.41, 5.74) is 1.34. The second-order valence-corrected chi connectivity index (χ2v) is 4.68. The normalized spacial score (nSPS) is 10.6. The second-order valence-electron chi connectivity index (χ2n) is 4.68. The van der Waals surface area contributed by atoms with Crippen LogP contribution in [0.4, 0.5) is 0 Å². The van der Waals surface area contributed by atoms with Gasteiger partial charge in [-0.3, -0.25) is 4.79 Å². The van der Waals surface area contributed by atoms with E-state index in [1.807, 2.05) is 37.2 Å². The van der Waals surface area contributed by atoms with Crippen LogP contribution in [-0.2, 0) is 0 Å². The molecule has 1 aromatic carbocycles. The second kappa shape index (κ2) is 6.77. The van der Waals surface area contributed by atoms with Gasteiger partial charge in [-0.15, -0.1) is 0 Å². The molecule has 0 aliphatic carbocycles. The quantitative estimate of drug-likeness (QED) is 0.893. The number of aromatic nitrogens is 2. The van der Waals surface area contributed by atoms with Gasteiger partial charge in [-0.25, -0.2) is 9.97 Å². The third kappa shape index (κ3) is 3.61. The summed E-state index contributed by atoms with van der Waals surface area (Å²) in [6.07, 6.45) is 3.34. The fourth-order valence-corrected chi connectivity index (χ4v) is 1.80. The molecule has 0 saturated heterocycles. The maximum absolute atomic E-state index is 12.2. The van der Waals surface area contributed by atoms with E-state index in [1.165, 1.54) is 0 Å². The molecule has 1 heterocycles. The number of benzene rings is 1. The third-order valence-corrected chi connectivity index (χ3v) is 2.82. The van der Waals surface area contributed by atoms with Crippen LogP contribution in [0.2, 0.25) is 0 Å². The topological polar surface area (TPSA) is 58.1 Å². The van der Waals surface area contributed by atoms with E-state index in [0.717, 1.165) is 12.1 Å². The van der Waals surface area contributed by atoms with Crippen molar-refractivity contribution in [3.8, 4) is 11.4 Å². The number of likely N-dealkylation sites (N-methyl/N-ethyl adjacent to an activating group) is 1. The summed E-state index contributed by atoms with van der Waals surface area (Å²) in [6, 6.07) is 9.12. The Kier molecular flexibility index (Phi) is 4.79. The Morgan fingerprint density at radius 2 is 1.85 bits per heavy atom. The molecule has 0 aliphatic rings. The summed E-state index contributed by atoms with van der Waals surface area (Å²) in [4.78, 5) is 22.7. The smallest absolute Gasteiger partial charge is 0.252 e. The van der Waals surface area contributed by atoms with E-state index in [0.29, 0.717) is 17.9 Å². The largest absolute Gasteiger partial charge is 0.351 e. The molecule has 20 heavy (non-hydrogen) atoms. The number of amides is 1. The van der Waals surface area contributed by atoms with Crippen LogP contribution in [0.25, 0.3) is 11.4 Å². The van der Waals surface area contributed by atoms with Gasteiger partial charge in [0.05, 0.1) is 5.56 Å². The van der Waals surface area contributed by atoms with Crippen LogP contribution in [0.3, 0.4) is 0 Å². The molecule has 0 saturated carbocycles. The number of rotatable bonds is 5. The molecule has 1 N–H and O–H groups in total. The first-order chi connectivity index (χ1) is 9.68. The summed E-state index contributed by atoms with van der Waals surface area (Å²) < 4.78 is 0. The van der Waals surface area contributed by atoms with E-state index in [1.54, 1.807) is 24.5 Å². The molecule has 1 amide bonds. The first-order valence-corrected chi connectivity index (χ1v) is 6.48. The van der Waals surface area contributed by atoms with E-state index in [2.05, 4.69) is 15.3 Å². The first-order valence-electron chi connectivity index (χ1n) is 6.48. The molecule has 0 radical (unpaired) electrons. The Bertz CT molecular complexity index is 569. The van der Waals surface area contributed by atoms with E-state index >= 15 is 0 Å². The molecule has 2 aromatic rings. The fraction of sp³-hybridized carbons (Fsp3) is 0.267. The van der Waals surface area contributed by atoms with Gasteiger partial charge in [-0.05, 0) is 26.2 Å². The maximum atomic E-state index is 12.2. The summed E-state index contributed by atoms with van der Waals surface area (Å²) in [5.74, 6) is 0.459. The lowest BCUT2D eigenvalue weighted by Gasteiger charge is -2.12. The van der Waals surface area contributed by atoms with Crippen molar-refractivity contribution in [2.24, 2.45) is 0 Å². The molecule has 104 valence electrons. The maximum Gasteiger partial charge on any atom is 0.252 e. The molecule has 0 unspecified atom stereocenters. The van der Waals surface area contributed by atoms with Gasteiger partial charge < -0.3 is 10.2 Å². The van der Waals surface area contributed by atoms with E-state index in [-0.39, 0.29) is 5.91 Å². The van der Waals surface area contributed by atoms with Crippen LogP contribution in [0.1, 0.15) is 10.4 Å². The highest BCUT2D eigenvalue weighted by molar-refractivity contribution is 6.00. The molecule has 5 nitrogen and oxygen atoms in total. The Morgan fingerprint density at radius 3 is 2.55 bits per heavy atom. The van der Waals surface area contributed by atoms with Crippen molar-refractivity contribution in [3.63, 3.8) is 0 Å². The third-order valence-electron chi connectivity index (χ3n) is 2.82. The predicted octanol–water partition coefficient (Wildman–Crippen LogP) is 1.43. The summed E-state index contributed by atoms with van der Waals surface area (Å²) >= 11 is 0. The molecular formula is C15H18N4O. The van der Waals surface area contributed by atoms with E-state index in [9.17, 15) is 4.79 Å². The monoisotopic (exact) mass is 270 g/mol. The highest BCUT2D eigenvalue weighted by Crippen LogP contribution is 2.19. The number of nitrogens with zero attached hydrogens (tertiary/aromatic N) is 3. The Hall–Kier alpha value is -2.27. The Balaban J connectivity index is 2.18. The summed E-state index contributed by atoms with van der Waals surface area (Å²) in [6.45, 7) is 1.41.